The van der Waals surface area contributed by atoms with E-state index in [1.807, 2.05) is 0 Å². The molecule has 2 heterocycles. The lowest BCUT2D eigenvalue weighted by Gasteiger charge is -2.31. The van der Waals surface area contributed by atoms with E-state index in [2.05, 4.69) is 15.2 Å². The Labute approximate surface area is 157 Å². The number of hydrogen-bond acceptors (Lipinski definition) is 4. The van der Waals surface area contributed by atoms with Crippen LogP contribution in [0.4, 0.5) is 10.1 Å². The second-order valence-corrected chi connectivity index (χ2v) is 6.77. The molecule has 0 aliphatic carbocycles. The van der Waals surface area contributed by atoms with Crippen LogP contribution < -0.4 is 10.1 Å². The van der Waals surface area contributed by atoms with Crippen molar-refractivity contribution in [3.63, 3.8) is 0 Å². The number of hydrogen-bond donors (Lipinski definition) is 1. The predicted octanol–water partition coefficient (Wildman–Crippen LogP) is 3.60. The van der Waals surface area contributed by atoms with Gasteiger partial charge in [0.2, 0.25) is 5.91 Å². The average Bonchev–Trinajstić information content (AvgIpc) is 2.64. The van der Waals surface area contributed by atoms with Gasteiger partial charge in [0.25, 0.3) is 0 Å². The number of piperidine rings is 1. The molecule has 1 amide bonds. The van der Waals surface area contributed by atoms with E-state index in [1.165, 1.54) is 6.07 Å². The topological polar surface area (TPSA) is 54.5 Å². The van der Waals surface area contributed by atoms with Gasteiger partial charge in [-0.25, -0.2) is 4.39 Å². The Morgan fingerprint density at radius 3 is 2.81 bits per heavy atom. The van der Waals surface area contributed by atoms with Gasteiger partial charge < -0.3 is 10.1 Å². The highest BCUT2D eigenvalue weighted by molar-refractivity contribution is 6.31. The van der Waals surface area contributed by atoms with Crippen molar-refractivity contribution >= 4 is 23.2 Å². The number of carbonyl (C=O) groups excluding carboxylic acids is 1. The first-order valence-corrected chi connectivity index (χ1v) is 8.98. The van der Waals surface area contributed by atoms with Gasteiger partial charge in [-0.1, -0.05) is 23.7 Å². The Morgan fingerprint density at radius 2 is 2.08 bits per heavy atom. The van der Waals surface area contributed by atoms with Crippen molar-refractivity contribution in [3.05, 3.63) is 53.6 Å². The van der Waals surface area contributed by atoms with Crippen molar-refractivity contribution in [2.75, 3.05) is 31.6 Å². The third-order valence-electron chi connectivity index (χ3n) is 4.43. The second-order valence-electron chi connectivity index (χ2n) is 6.36. The molecule has 0 radical (unpaired) electrons. The van der Waals surface area contributed by atoms with E-state index < -0.39 is 5.82 Å². The van der Waals surface area contributed by atoms with Gasteiger partial charge in [-0.3, -0.25) is 14.7 Å². The zero-order chi connectivity index (χ0) is 18.4. The monoisotopic (exact) mass is 377 g/mol. The summed E-state index contributed by atoms with van der Waals surface area (Å²) in [7, 11) is 0. The largest absolute Gasteiger partial charge is 0.492 e. The van der Waals surface area contributed by atoms with Crippen LogP contribution >= 0.6 is 11.6 Å². The molecule has 7 heteroatoms. The molecule has 3 rings (SSSR count). The maximum absolute atomic E-state index is 13.6. The van der Waals surface area contributed by atoms with Gasteiger partial charge in [0.15, 0.2) is 0 Å². The molecule has 1 saturated heterocycles. The number of amides is 1. The lowest BCUT2D eigenvalue weighted by atomic mass is 9.98. The molecule has 1 aliphatic rings. The number of likely N-dealkylation sites (tertiary alicyclic amines) is 1. The number of halogens is 2. The minimum absolute atomic E-state index is 0.201. The van der Waals surface area contributed by atoms with Crippen LogP contribution in [-0.2, 0) is 4.79 Å². The van der Waals surface area contributed by atoms with Gasteiger partial charge in [0.1, 0.15) is 16.6 Å². The van der Waals surface area contributed by atoms with Crippen LogP contribution in [0.3, 0.4) is 0 Å². The number of pyridine rings is 1. The smallest absolute Gasteiger partial charge is 0.238 e. The summed E-state index contributed by atoms with van der Waals surface area (Å²) < 4.78 is 19.4. The lowest BCUT2D eigenvalue weighted by molar-refractivity contribution is -0.117. The molecule has 26 heavy (non-hydrogen) atoms. The van der Waals surface area contributed by atoms with Crippen LogP contribution in [0, 0.1) is 11.7 Å². The Morgan fingerprint density at radius 1 is 1.31 bits per heavy atom. The molecular weight excluding hydrogens is 357 g/mol. The SMILES string of the molecule is O=C(CN1CCC(COc2ccncc2Cl)CC1)Nc1ccccc1F. The number of anilines is 1. The van der Waals surface area contributed by atoms with Gasteiger partial charge in [-0.05, 0) is 44.0 Å². The number of carbonyl (C=O) groups is 1. The Kier molecular flexibility index (Phi) is 6.41. The number of nitrogens with zero attached hydrogens (tertiary/aromatic N) is 2. The molecule has 0 unspecified atom stereocenters. The molecule has 1 N–H and O–H groups in total. The summed E-state index contributed by atoms with van der Waals surface area (Å²) in [6, 6.07) is 7.93. The minimum Gasteiger partial charge on any atom is -0.492 e. The Hall–Kier alpha value is -2.18. The minimum atomic E-state index is -0.425. The van der Waals surface area contributed by atoms with Gasteiger partial charge >= 0.3 is 0 Å². The molecule has 0 saturated carbocycles. The maximum Gasteiger partial charge on any atom is 0.238 e. The molecule has 1 aliphatic heterocycles. The third kappa shape index (κ3) is 5.16. The summed E-state index contributed by atoms with van der Waals surface area (Å²) in [6.07, 6.45) is 5.09. The number of aromatic nitrogens is 1. The van der Waals surface area contributed by atoms with E-state index in [0.29, 0.717) is 23.3 Å². The molecule has 138 valence electrons. The standard InChI is InChI=1S/C19H21ClFN3O2/c20-15-11-22-8-5-18(15)26-13-14-6-9-24(10-7-14)12-19(25)23-17-4-2-1-3-16(17)21/h1-5,8,11,14H,6-7,9-10,12-13H2,(H,23,25). The fourth-order valence-corrected chi connectivity index (χ4v) is 3.13. The van der Waals surface area contributed by atoms with Crippen LogP contribution in [0.1, 0.15) is 12.8 Å². The van der Waals surface area contributed by atoms with Crippen LogP contribution in [0.5, 0.6) is 5.75 Å². The van der Waals surface area contributed by atoms with E-state index >= 15 is 0 Å². The summed E-state index contributed by atoms with van der Waals surface area (Å²) in [5.41, 5.74) is 0.218. The van der Waals surface area contributed by atoms with Crippen LogP contribution in [0.25, 0.3) is 0 Å². The lowest BCUT2D eigenvalue weighted by Crippen LogP contribution is -2.40. The first-order valence-electron chi connectivity index (χ1n) is 8.61. The number of para-hydroxylation sites is 1. The Bertz CT molecular complexity index is 751. The zero-order valence-electron chi connectivity index (χ0n) is 14.3. The molecule has 1 aromatic heterocycles. The van der Waals surface area contributed by atoms with Crippen molar-refractivity contribution in [1.82, 2.24) is 9.88 Å². The highest BCUT2D eigenvalue weighted by Gasteiger charge is 2.22. The molecule has 0 bridgehead atoms. The number of nitrogens with one attached hydrogen (secondary N) is 1. The summed E-state index contributed by atoms with van der Waals surface area (Å²) >= 11 is 6.03. The predicted molar refractivity (Wildman–Crippen MR) is 98.9 cm³/mol. The third-order valence-corrected chi connectivity index (χ3v) is 4.72. The van der Waals surface area contributed by atoms with E-state index in [0.717, 1.165) is 25.9 Å². The van der Waals surface area contributed by atoms with Gasteiger partial charge in [-0.2, -0.15) is 0 Å². The number of benzene rings is 1. The van der Waals surface area contributed by atoms with Crippen molar-refractivity contribution in [3.8, 4) is 5.75 Å². The first-order chi connectivity index (χ1) is 12.6. The molecule has 2 aromatic rings. The van der Waals surface area contributed by atoms with E-state index in [4.69, 9.17) is 16.3 Å². The molecule has 0 spiro atoms. The molecule has 0 atom stereocenters. The zero-order valence-corrected chi connectivity index (χ0v) is 15.1. The van der Waals surface area contributed by atoms with E-state index in [-0.39, 0.29) is 18.1 Å². The molecule has 1 aromatic carbocycles. The normalized spacial score (nSPS) is 15.6. The van der Waals surface area contributed by atoms with Gasteiger partial charge in [0, 0.05) is 18.5 Å². The number of rotatable bonds is 6. The highest BCUT2D eigenvalue weighted by atomic mass is 35.5. The van der Waals surface area contributed by atoms with Crippen LogP contribution in [0.15, 0.2) is 42.7 Å². The van der Waals surface area contributed by atoms with Crippen LogP contribution in [-0.4, -0.2) is 42.0 Å². The van der Waals surface area contributed by atoms with Gasteiger partial charge in [-0.15, -0.1) is 0 Å². The summed E-state index contributed by atoms with van der Waals surface area (Å²) in [4.78, 5) is 18.1. The van der Waals surface area contributed by atoms with Crippen molar-refractivity contribution < 1.29 is 13.9 Å². The van der Waals surface area contributed by atoms with E-state index in [1.54, 1.807) is 36.7 Å². The maximum atomic E-state index is 13.6. The summed E-state index contributed by atoms with van der Waals surface area (Å²) in [5.74, 6) is 0.443. The van der Waals surface area contributed by atoms with E-state index in [9.17, 15) is 9.18 Å². The van der Waals surface area contributed by atoms with Crippen LogP contribution in [0.2, 0.25) is 5.02 Å². The second kappa shape index (κ2) is 8.96. The molecule has 1 fully saturated rings. The first kappa shape index (κ1) is 18.6. The van der Waals surface area contributed by atoms with Crippen molar-refractivity contribution in [2.45, 2.75) is 12.8 Å². The Balaban J connectivity index is 1.40. The summed E-state index contributed by atoms with van der Waals surface area (Å²) in [5, 5.41) is 3.13. The highest BCUT2D eigenvalue weighted by Crippen LogP contribution is 2.24. The quantitative estimate of drug-likeness (QED) is 0.835. The average molecular weight is 378 g/mol. The van der Waals surface area contributed by atoms with Gasteiger partial charge in [0.05, 0.1) is 18.8 Å². The molecule has 5 nitrogen and oxygen atoms in total. The van der Waals surface area contributed by atoms with Crippen molar-refractivity contribution in [2.24, 2.45) is 5.92 Å². The fourth-order valence-electron chi connectivity index (χ4n) is 2.95. The van der Waals surface area contributed by atoms with Crippen molar-refractivity contribution in [1.29, 1.82) is 0 Å². The molecular formula is C19H21ClFN3O2. The number of ether oxygens (including phenoxy) is 1. The summed E-state index contributed by atoms with van der Waals surface area (Å²) in [6.45, 7) is 2.47. The fraction of sp³-hybridized carbons (Fsp3) is 0.368.